The van der Waals surface area contributed by atoms with Gasteiger partial charge in [-0.25, -0.2) is 0 Å². The minimum Gasteiger partial charge on any atom is -0.289 e. The van der Waals surface area contributed by atoms with Crippen LogP contribution in [0.4, 0.5) is 0 Å². The SMILES string of the molecule is O=C(c1cccc(Cl)c1)c1cccc2c1C(=O)c1ccccc1C2=O. The number of benzene rings is 3. The maximum atomic E-state index is 12.9. The summed E-state index contributed by atoms with van der Waals surface area (Å²) in [5.41, 5.74) is 1.71. The monoisotopic (exact) mass is 346 g/mol. The van der Waals surface area contributed by atoms with E-state index >= 15 is 0 Å². The third kappa shape index (κ3) is 2.41. The number of halogens is 1. The highest BCUT2D eigenvalue weighted by molar-refractivity contribution is 6.33. The first-order valence-electron chi connectivity index (χ1n) is 7.69. The summed E-state index contributed by atoms with van der Waals surface area (Å²) in [4.78, 5) is 38.6. The van der Waals surface area contributed by atoms with E-state index in [9.17, 15) is 14.4 Å². The number of hydrogen-bond donors (Lipinski definition) is 0. The van der Waals surface area contributed by atoms with Gasteiger partial charge >= 0.3 is 0 Å². The zero-order valence-corrected chi connectivity index (χ0v) is 13.7. The number of carbonyl (C=O) groups excluding carboxylic acids is 3. The Kier molecular flexibility index (Phi) is 3.59. The van der Waals surface area contributed by atoms with Crippen molar-refractivity contribution in [1.82, 2.24) is 0 Å². The Bertz CT molecular complexity index is 1070. The van der Waals surface area contributed by atoms with Crippen LogP contribution in [-0.4, -0.2) is 17.3 Å². The molecule has 4 heteroatoms. The lowest BCUT2D eigenvalue weighted by atomic mass is 9.80. The standard InChI is InChI=1S/C21H11ClO3/c22-13-6-3-5-12(11-13)19(23)16-9-4-10-17-18(16)21(25)15-8-2-1-7-14(15)20(17)24/h1-11H. The molecule has 1 aliphatic rings. The molecule has 0 unspecified atom stereocenters. The molecule has 0 aliphatic heterocycles. The topological polar surface area (TPSA) is 51.2 Å². The molecule has 25 heavy (non-hydrogen) atoms. The molecular formula is C21H11ClO3. The first kappa shape index (κ1) is 15.5. The summed E-state index contributed by atoms with van der Waals surface area (Å²) < 4.78 is 0. The highest BCUT2D eigenvalue weighted by Gasteiger charge is 2.32. The minimum absolute atomic E-state index is 0.163. The Morgan fingerprint density at radius 1 is 0.720 bits per heavy atom. The lowest BCUT2D eigenvalue weighted by molar-refractivity contribution is 0.0971. The second-order valence-electron chi connectivity index (χ2n) is 5.77. The van der Waals surface area contributed by atoms with Crippen molar-refractivity contribution in [2.24, 2.45) is 0 Å². The second-order valence-corrected chi connectivity index (χ2v) is 6.21. The average Bonchev–Trinajstić information content (AvgIpc) is 2.65. The van der Waals surface area contributed by atoms with Crippen LogP contribution in [0.3, 0.4) is 0 Å². The number of ketones is 3. The lowest BCUT2D eigenvalue weighted by Crippen LogP contribution is -2.24. The Balaban J connectivity index is 1.92. The largest absolute Gasteiger partial charge is 0.289 e. The van der Waals surface area contributed by atoms with E-state index < -0.39 is 0 Å². The van der Waals surface area contributed by atoms with Crippen LogP contribution in [0.15, 0.2) is 66.7 Å². The Labute approximate surface area is 148 Å². The van der Waals surface area contributed by atoms with Crippen LogP contribution in [0.5, 0.6) is 0 Å². The molecule has 4 rings (SSSR count). The lowest BCUT2D eigenvalue weighted by Gasteiger charge is -2.19. The summed E-state index contributed by atoms with van der Waals surface area (Å²) in [6.45, 7) is 0. The van der Waals surface area contributed by atoms with E-state index in [1.165, 1.54) is 0 Å². The third-order valence-corrected chi connectivity index (χ3v) is 4.52. The summed E-state index contributed by atoms with van der Waals surface area (Å²) in [6.07, 6.45) is 0. The Morgan fingerprint density at radius 2 is 1.36 bits per heavy atom. The van der Waals surface area contributed by atoms with E-state index in [4.69, 9.17) is 11.6 Å². The predicted molar refractivity (Wildman–Crippen MR) is 94.6 cm³/mol. The van der Waals surface area contributed by atoms with E-state index in [2.05, 4.69) is 0 Å². The molecular weight excluding hydrogens is 336 g/mol. The molecule has 0 N–H and O–H groups in total. The minimum atomic E-state index is -0.333. The highest BCUT2D eigenvalue weighted by atomic mass is 35.5. The summed E-state index contributed by atoms with van der Waals surface area (Å²) >= 11 is 5.97. The fourth-order valence-electron chi connectivity index (χ4n) is 3.12. The molecule has 3 aromatic carbocycles. The van der Waals surface area contributed by atoms with Gasteiger partial charge < -0.3 is 0 Å². The van der Waals surface area contributed by atoms with Gasteiger partial charge in [0, 0.05) is 38.4 Å². The van der Waals surface area contributed by atoms with Gasteiger partial charge in [0.2, 0.25) is 0 Å². The molecule has 0 fully saturated rings. The van der Waals surface area contributed by atoms with Gasteiger partial charge in [0.15, 0.2) is 17.3 Å². The van der Waals surface area contributed by atoms with Crippen molar-refractivity contribution in [2.75, 3.05) is 0 Å². The molecule has 0 aromatic heterocycles. The molecule has 0 spiro atoms. The Morgan fingerprint density at radius 3 is 2.08 bits per heavy atom. The number of carbonyl (C=O) groups is 3. The van der Waals surface area contributed by atoms with Crippen LogP contribution in [0.1, 0.15) is 47.8 Å². The van der Waals surface area contributed by atoms with Gasteiger partial charge in [-0.15, -0.1) is 0 Å². The van der Waals surface area contributed by atoms with Crippen molar-refractivity contribution in [3.8, 4) is 0 Å². The quantitative estimate of drug-likeness (QED) is 0.507. The fraction of sp³-hybridized carbons (Fsp3) is 0. The van der Waals surface area contributed by atoms with Gasteiger partial charge in [-0.1, -0.05) is 66.2 Å². The molecule has 0 amide bonds. The van der Waals surface area contributed by atoms with Crippen molar-refractivity contribution in [2.45, 2.75) is 0 Å². The van der Waals surface area contributed by atoms with Gasteiger partial charge in [0.1, 0.15) is 0 Å². The summed E-state index contributed by atoms with van der Waals surface area (Å²) in [6, 6.07) is 18.0. The number of hydrogen-bond acceptors (Lipinski definition) is 3. The zero-order valence-electron chi connectivity index (χ0n) is 13.0. The summed E-state index contributed by atoms with van der Waals surface area (Å²) in [5, 5.41) is 0.434. The van der Waals surface area contributed by atoms with Gasteiger partial charge in [-0.3, -0.25) is 14.4 Å². The van der Waals surface area contributed by atoms with Crippen molar-refractivity contribution < 1.29 is 14.4 Å². The molecule has 3 aromatic rings. The maximum absolute atomic E-state index is 12.9. The number of rotatable bonds is 2. The summed E-state index contributed by atoms with van der Waals surface area (Å²) in [5.74, 6) is -0.887. The van der Waals surface area contributed by atoms with E-state index in [0.717, 1.165) is 0 Å². The molecule has 0 atom stereocenters. The second kappa shape index (κ2) is 5.80. The normalized spacial score (nSPS) is 12.5. The van der Waals surface area contributed by atoms with Crippen LogP contribution < -0.4 is 0 Å². The van der Waals surface area contributed by atoms with Crippen LogP contribution in [-0.2, 0) is 0 Å². The molecule has 120 valence electrons. The fourth-order valence-corrected chi connectivity index (χ4v) is 3.31. The highest BCUT2D eigenvalue weighted by Crippen LogP contribution is 2.30. The van der Waals surface area contributed by atoms with E-state index in [0.29, 0.717) is 21.7 Å². The van der Waals surface area contributed by atoms with Crippen molar-refractivity contribution >= 4 is 29.0 Å². The predicted octanol–water partition coefficient (Wildman–Crippen LogP) is 4.35. The van der Waals surface area contributed by atoms with Crippen LogP contribution in [0.25, 0.3) is 0 Å². The van der Waals surface area contributed by atoms with Crippen molar-refractivity contribution in [1.29, 1.82) is 0 Å². The van der Waals surface area contributed by atoms with Crippen LogP contribution in [0.2, 0.25) is 5.02 Å². The van der Waals surface area contributed by atoms with Crippen LogP contribution in [0, 0.1) is 0 Å². The van der Waals surface area contributed by atoms with Crippen molar-refractivity contribution in [3.05, 3.63) is 105 Å². The molecule has 0 saturated heterocycles. The maximum Gasteiger partial charge on any atom is 0.195 e. The third-order valence-electron chi connectivity index (χ3n) is 4.28. The van der Waals surface area contributed by atoms with Crippen molar-refractivity contribution in [3.63, 3.8) is 0 Å². The molecule has 0 saturated carbocycles. The van der Waals surface area contributed by atoms with Gasteiger partial charge in [-0.2, -0.15) is 0 Å². The smallest absolute Gasteiger partial charge is 0.195 e. The zero-order chi connectivity index (χ0) is 17.6. The van der Waals surface area contributed by atoms with Gasteiger partial charge in [0.05, 0.1) is 0 Å². The first-order valence-corrected chi connectivity index (χ1v) is 8.07. The van der Waals surface area contributed by atoms with Gasteiger partial charge in [0.25, 0.3) is 0 Å². The van der Waals surface area contributed by atoms with E-state index in [1.807, 2.05) is 0 Å². The van der Waals surface area contributed by atoms with E-state index in [-0.39, 0.29) is 34.0 Å². The Hall–Kier alpha value is -3.04. The molecule has 3 nitrogen and oxygen atoms in total. The molecule has 0 radical (unpaired) electrons. The molecule has 0 heterocycles. The average molecular weight is 347 g/mol. The molecule has 0 bridgehead atoms. The van der Waals surface area contributed by atoms with Gasteiger partial charge in [-0.05, 0) is 12.1 Å². The summed E-state index contributed by atoms with van der Waals surface area (Å²) in [7, 11) is 0. The number of fused-ring (bicyclic) bond motifs is 2. The first-order chi connectivity index (χ1) is 12.1. The van der Waals surface area contributed by atoms with Crippen LogP contribution >= 0.6 is 11.6 Å². The molecule has 1 aliphatic carbocycles. The van der Waals surface area contributed by atoms with E-state index in [1.54, 1.807) is 66.7 Å².